The van der Waals surface area contributed by atoms with Gasteiger partial charge < -0.3 is 5.11 Å². The van der Waals surface area contributed by atoms with Gasteiger partial charge in [-0.25, -0.2) is 0 Å². The van der Waals surface area contributed by atoms with Gasteiger partial charge in [0, 0.05) is 12.3 Å². The van der Waals surface area contributed by atoms with E-state index in [-0.39, 0.29) is 6.10 Å². The quantitative estimate of drug-likeness (QED) is 0.595. The molecule has 12 heavy (non-hydrogen) atoms. The van der Waals surface area contributed by atoms with Gasteiger partial charge in [0.25, 0.3) is 0 Å². The second kappa shape index (κ2) is 3.17. The maximum atomic E-state index is 11.5. The van der Waals surface area contributed by atoms with Crippen LogP contribution in [0.25, 0.3) is 0 Å². The fourth-order valence-electron chi connectivity index (χ4n) is 2.71. The number of hydrogen-bond donors (Lipinski definition) is 1. The van der Waals surface area contributed by atoms with E-state index >= 15 is 0 Å². The van der Waals surface area contributed by atoms with Crippen molar-refractivity contribution < 1.29 is 9.90 Å². The van der Waals surface area contributed by atoms with Gasteiger partial charge in [-0.05, 0) is 38.0 Å². The van der Waals surface area contributed by atoms with E-state index in [2.05, 4.69) is 0 Å². The summed E-state index contributed by atoms with van der Waals surface area (Å²) in [5, 5.41) is 9.42. The van der Waals surface area contributed by atoms with E-state index in [4.69, 9.17) is 0 Å². The van der Waals surface area contributed by atoms with E-state index in [1.54, 1.807) is 0 Å². The molecule has 68 valence electrons. The van der Waals surface area contributed by atoms with Crippen LogP contribution >= 0.6 is 0 Å². The topological polar surface area (TPSA) is 37.3 Å². The molecule has 2 aliphatic carbocycles. The summed E-state index contributed by atoms with van der Waals surface area (Å²) in [5.41, 5.74) is 0. The Labute approximate surface area is 73.0 Å². The van der Waals surface area contributed by atoms with Crippen LogP contribution in [0.3, 0.4) is 0 Å². The fourth-order valence-corrected chi connectivity index (χ4v) is 2.71. The summed E-state index contributed by atoms with van der Waals surface area (Å²) in [6, 6.07) is 0. The minimum atomic E-state index is -0.128. The molecule has 1 N–H and O–H groups in total. The highest BCUT2D eigenvalue weighted by Gasteiger charge is 2.36. The maximum Gasteiger partial charge on any atom is 0.136 e. The molecule has 0 radical (unpaired) electrons. The Balaban J connectivity index is 2.04. The predicted octanol–water partition coefficient (Wildman–Crippen LogP) is 1.52. The Hall–Kier alpha value is -0.370. The van der Waals surface area contributed by atoms with E-state index in [9.17, 15) is 9.90 Å². The number of aliphatic hydroxyl groups is 1. The van der Waals surface area contributed by atoms with Gasteiger partial charge in [-0.3, -0.25) is 4.79 Å². The molecular formula is C10H16O2. The minimum absolute atomic E-state index is 0.128. The van der Waals surface area contributed by atoms with Crippen molar-refractivity contribution in [2.24, 2.45) is 11.8 Å². The van der Waals surface area contributed by atoms with Gasteiger partial charge in [-0.15, -0.1) is 0 Å². The number of aliphatic hydroxyl groups excluding tert-OH is 1. The van der Waals surface area contributed by atoms with E-state index in [0.717, 1.165) is 38.5 Å². The molecule has 0 spiro atoms. The molecule has 2 rings (SSSR count). The smallest absolute Gasteiger partial charge is 0.136 e. The van der Waals surface area contributed by atoms with Crippen molar-refractivity contribution in [3.05, 3.63) is 0 Å². The van der Waals surface area contributed by atoms with Crippen molar-refractivity contribution in [1.82, 2.24) is 0 Å². The molecule has 2 fully saturated rings. The Morgan fingerprint density at radius 2 is 2.08 bits per heavy atom. The minimum Gasteiger partial charge on any atom is -0.393 e. The maximum absolute atomic E-state index is 11.5. The summed E-state index contributed by atoms with van der Waals surface area (Å²) >= 11 is 0. The predicted molar refractivity (Wildman–Crippen MR) is 45.7 cm³/mol. The van der Waals surface area contributed by atoms with E-state index in [1.165, 1.54) is 0 Å². The lowest BCUT2D eigenvalue weighted by Gasteiger charge is -2.36. The van der Waals surface area contributed by atoms with Crippen molar-refractivity contribution >= 4 is 5.78 Å². The summed E-state index contributed by atoms with van der Waals surface area (Å²) in [7, 11) is 0. The molecule has 0 bridgehead atoms. The first-order chi connectivity index (χ1) is 5.77. The van der Waals surface area contributed by atoms with Gasteiger partial charge in [0.2, 0.25) is 0 Å². The third-order valence-electron chi connectivity index (χ3n) is 3.37. The fraction of sp³-hybridized carbons (Fsp3) is 0.900. The zero-order chi connectivity index (χ0) is 8.55. The molecule has 0 aromatic heterocycles. The summed E-state index contributed by atoms with van der Waals surface area (Å²) in [5.74, 6) is 1.27. The Morgan fingerprint density at radius 3 is 2.92 bits per heavy atom. The summed E-state index contributed by atoms with van der Waals surface area (Å²) < 4.78 is 0. The average molecular weight is 168 g/mol. The molecule has 3 atom stereocenters. The third-order valence-corrected chi connectivity index (χ3v) is 3.37. The number of carbonyl (C=O) groups excluding carboxylic acids is 1. The number of carbonyl (C=O) groups is 1. The second-order valence-electron chi connectivity index (χ2n) is 4.19. The molecule has 0 aliphatic heterocycles. The Kier molecular flexibility index (Phi) is 2.18. The van der Waals surface area contributed by atoms with Crippen molar-refractivity contribution in [2.75, 3.05) is 0 Å². The molecule has 2 nitrogen and oxygen atoms in total. The van der Waals surface area contributed by atoms with Crippen LogP contribution in [-0.4, -0.2) is 17.0 Å². The van der Waals surface area contributed by atoms with Crippen LogP contribution in [0, 0.1) is 11.8 Å². The highest BCUT2D eigenvalue weighted by Crippen LogP contribution is 2.38. The number of ketones is 1. The largest absolute Gasteiger partial charge is 0.393 e. The van der Waals surface area contributed by atoms with Crippen LogP contribution in [0.4, 0.5) is 0 Å². The lowest BCUT2D eigenvalue weighted by Crippen LogP contribution is -2.35. The zero-order valence-corrected chi connectivity index (χ0v) is 7.33. The van der Waals surface area contributed by atoms with Crippen LogP contribution in [0.5, 0.6) is 0 Å². The highest BCUT2D eigenvalue weighted by molar-refractivity contribution is 5.82. The van der Waals surface area contributed by atoms with Gasteiger partial charge in [0.15, 0.2) is 0 Å². The lowest BCUT2D eigenvalue weighted by atomic mass is 9.69. The Morgan fingerprint density at radius 1 is 1.25 bits per heavy atom. The second-order valence-corrected chi connectivity index (χ2v) is 4.19. The molecule has 0 heterocycles. The Bertz CT molecular complexity index is 188. The molecule has 2 saturated carbocycles. The molecule has 0 amide bonds. The molecule has 0 aromatic rings. The number of fused-ring (bicyclic) bond motifs is 1. The molecule has 0 aromatic carbocycles. The first-order valence-electron chi connectivity index (χ1n) is 4.98. The van der Waals surface area contributed by atoms with Gasteiger partial charge >= 0.3 is 0 Å². The summed E-state index contributed by atoms with van der Waals surface area (Å²) in [6.07, 6.45) is 5.52. The van der Waals surface area contributed by atoms with Crippen LogP contribution in [-0.2, 0) is 4.79 Å². The zero-order valence-electron chi connectivity index (χ0n) is 7.33. The molecule has 2 heteroatoms. The van der Waals surface area contributed by atoms with E-state index in [1.807, 2.05) is 0 Å². The molecule has 3 unspecified atom stereocenters. The van der Waals surface area contributed by atoms with Crippen LogP contribution in [0.2, 0.25) is 0 Å². The average Bonchev–Trinajstić information content (AvgIpc) is 2.04. The number of rotatable bonds is 0. The first kappa shape index (κ1) is 8.24. The van der Waals surface area contributed by atoms with Crippen molar-refractivity contribution in [2.45, 2.75) is 44.6 Å². The van der Waals surface area contributed by atoms with Crippen LogP contribution < -0.4 is 0 Å². The molecule has 2 aliphatic rings. The van der Waals surface area contributed by atoms with Gasteiger partial charge in [-0.2, -0.15) is 0 Å². The van der Waals surface area contributed by atoms with Crippen LogP contribution in [0.1, 0.15) is 38.5 Å². The lowest BCUT2D eigenvalue weighted by molar-refractivity contribution is -0.129. The van der Waals surface area contributed by atoms with Gasteiger partial charge in [0.05, 0.1) is 6.10 Å². The standard InChI is InChI=1S/C10H16O2/c11-8-4-5-9-7(6-8)2-1-3-10(9)12/h7-9,11H,1-6H2. The SMILES string of the molecule is O=C1CCCC2CC(O)CCC12. The van der Waals surface area contributed by atoms with Crippen LogP contribution in [0.15, 0.2) is 0 Å². The van der Waals surface area contributed by atoms with Crippen molar-refractivity contribution in [1.29, 1.82) is 0 Å². The van der Waals surface area contributed by atoms with E-state index in [0.29, 0.717) is 17.6 Å². The monoisotopic (exact) mass is 168 g/mol. The van der Waals surface area contributed by atoms with Gasteiger partial charge in [0.1, 0.15) is 5.78 Å². The molecular weight excluding hydrogens is 152 g/mol. The van der Waals surface area contributed by atoms with E-state index < -0.39 is 0 Å². The first-order valence-corrected chi connectivity index (χ1v) is 4.98. The normalized spacial score (nSPS) is 42.4. The van der Waals surface area contributed by atoms with Gasteiger partial charge in [-0.1, -0.05) is 0 Å². The number of hydrogen-bond acceptors (Lipinski definition) is 2. The highest BCUT2D eigenvalue weighted by atomic mass is 16.3. The molecule has 0 saturated heterocycles. The third kappa shape index (κ3) is 1.40. The number of Topliss-reactive ketones (excluding diaryl/α,β-unsaturated/α-hetero) is 1. The van der Waals surface area contributed by atoms with Crippen molar-refractivity contribution in [3.63, 3.8) is 0 Å². The van der Waals surface area contributed by atoms with Crippen molar-refractivity contribution in [3.8, 4) is 0 Å². The summed E-state index contributed by atoms with van der Waals surface area (Å²) in [4.78, 5) is 11.5. The summed E-state index contributed by atoms with van der Waals surface area (Å²) in [6.45, 7) is 0.